The molecule has 112 valence electrons. The number of sulfonamides is 1. The Labute approximate surface area is 123 Å². The molecule has 21 heavy (non-hydrogen) atoms. The molecule has 3 N–H and O–H groups in total. The van der Waals surface area contributed by atoms with E-state index >= 15 is 0 Å². The van der Waals surface area contributed by atoms with Crippen molar-refractivity contribution < 1.29 is 12.8 Å². The van der Waals surface area contributed by atoms with Crippen LogP contribution in [-0.4, -0.2) is 8.42 Å². The number of halogens is 1. The molecule has 0 aromatic heterocycles. The lowest BCUT2D eigenvalue weighted by molar-refractivity contribution is 0.594. The lowest BCUT2D eigenvalue weighted by atomic mass is 10.1. The van der Waals surface area contributed by atoms with Crippen molar-refractivity contribution in [3.8, 4) is 0 Å². The smallest absolute Gasteiger partial charge is 0.262 e. The van der Waals surface area contributed by atoms with Crippen LogP contribution in [0, 0.1) is 12.7 Å². The van der Waals surface area contributed by atoms with Gasteiger partial charge in [0.25, 0.3) is 10.0 Å². The van der Waals surface area contributed by atoms with Crippen LogP contribution in [0.4, 0.5) is 10.1 Å². The zero-order chi connectivity index (χ0) is 15.6. The van der Waals surface area contributed by atoms with Gasteiger partial charge >= 0.3 is 0 Å². The Bertz CT molecular complexity index is 741. The third kappa shape index (κ3) is 3.59. The van der Waals surface area contributed by atoms with Gasteiger partial charge in [-0.2, -0.15) is 0 Å². The molecule has 0 saturated carbocycles. The Balaban J connectivity index is 2.31. The summed E-state index contributed by atoms with van der Waals surface area (Å²) in [5.74, 6) is -0.590. The van der Waals surface area contributed by atoms with E-state index in [1.807, 2.05) is 6.92 Å². The summed E-state index contributed by atoms with van der Waals surface area (Å²) in [5, 5.41) is 0. The monoisotopic (exact) mass is 308 g/mol. The molecule has 0 aliphatic carbocycles. The van der Waals surface area contributed by atoms with Gasteiger partial charge in [-0.15, -0.1) is 0 Å². The lowest BCUT2D eigenvalue weighted by Crippen LogP contribution is -2.14. The SMILES string of the molecule is Cc1ccc(F)cc1S(=O)(=O)Nc1ccc(C(C)N)cc1. The summed E-state index contributed by atoms with van der Waals surface area (Å²) in [7, 11) is -3.82. The van der Waals surface area contributed by atoms with Crippen LogP contribution < -0.4 is 10.5 Å². The van der Waals surface area contributed by atoms with E-state index in [2.05, 4.69) is 4.72 Å². The van der Waals surface area contributed by atoms with Crippen molar-refractivity contribution in [2.45, 2.75) is 24.8 Å². The summed E-state index contributed by atoms with van der Waals surface area (Å²) < 4.78 is 40.3. The van der Waals surface area contributed by atoms with Crippen LogP contribution in [0.1, 0.15) is 24.1 Å². The van der Waals surface area contributed by atoms with Crippen molar-refractivity contribution in [1.29, 1.82) is 0 Å². The van der Waals surface area contributed by atoms with E-state index in [-0.39, 0.29) is 10.9 Å². The molecule has 2 rings (SSSR count). The van der Waals surface area contributed by atoms with Gasteiger partial charge in [0.2, 0.25) is 0 Å². The van der Waals surface area contributed by atoms with Crippen LogP contribution >= 0.6 is 0 Å². The van der Waals surface area contributed by atoms with Gasteiger partial charge in [-0.25, -0.2) is 12.8 Å². The van der Waals surface area contributed by atoms with Crippen LogP contribution in [0.2, 0.25) is 0 Å². The van der Waals surface area contributed by atoms with Gasteiger partial charge in [0.15, 0.2) is 0 Å². The molecule has 0 spiro atoms. The Kier molecular flexibility index (Phi) is 4.29. The Morgan fingerprint density at radius 2 is 1.76 bits per heavy atom. The number of anilines is 1. The average molecular weight is 308 g/mol. The molecule has 4 nitrogen and oxygen atoms in total. The molecule has 0 aliphatic rings. The van der Waals surface area contributed by atoms with E-state index in [9.17, 15) is 12.8 Å². The second-order valence-corrected chi connectivity index (χ2v) is 6.58. The van der Waals surface area contributed by atoms with Crippen molar-refractivity contribution >= 4 is 15.7 Å². The topological polar surface area (TPSA) is 72.2 Å². The third-order valence-corrected chi connectivity index (χ3v) is 4.65. The number of nitrogens with one attached hydrogen (secondary N) is 1. The fraction of sp³-hybridized carbons (Fsp3) is 0.200. The number of rotatable bonds is 4. The molecule has 0 heterocycles. The van der Waals surface area contributed by atoms with E-state index in [0.717, 1.165) is 11.6 Å². The van der Waals surface area contributed by atoms with E-state index in [1.54, 1.807) is 31.2 Å². The quantitative estimate of drug-likeness (QED) is 0.912. The fourth-order valence-corrected chi connectivity index (χ4v) is 3.24. The second kappa shape index (κ2) is 5.83. The first kappa shape index (κ1) is 15.5. The minimum atomic E-state index is -3.82. The lowest BCUT2D eigenvalue weighted by Gasteiger charge is -2.12. The highest BCUT2D eigenvalue weighted by atomic mass is 32.2. The molecule has 0 amide bonds. The summed E-state index contributed by atoms with van der Waals surface area (Å²) in [4.78, 5) is -0.0706. The van der Waals surface area contributed by atoms with Gasteiger partial charge in [0.05, 0.1) is 4.90 Å². The predicted molar refractivity (Wildman–Crippen MR) is 81.0 cm³/mol. The van der Waals surface area contributed by atoms with Crippen molar-refractivity contribution in [2.24, 2.45) is 5.73 Å². The number of aryl methyl sites for hydroxylation is 1. The maximum Gasteiger partial charge on any atom is 0.262 e. The molecule has 1 unspecified atom stereocenters. The summed E-state index contributed by atoms with van der Waals surface area (Å²) in [5.41, 5.74) is 7.53. The summed E-state index contributed by atoms with van der Waals surface area (Å²) >= 11 is 0. The fourth-order valence-electron chi connectivity index (χ4n) is 1.93. The Morgan fingerprint density at radius 3 is 2.33 bits per heavy atom. The highest BCUT2D eigenvalue weighted by molar-refractivity contribution is 7.92. The van der Waals surface area contributed by atoms with Crippen LogP contribution in [-0.2, 0) is 10.0 Å². The maximum absolute atomic E-state index is 13.3. The molecule has 0 aliphatic heterocycles. The molecule has 2 aromatic carbocycles. The van der Waals surface area contributed by atoms with Gasteiger partial charge in [-0.3, -0.25) is 4.72 Å². The summed E-state index contributed by atoms with van der Waals surface area (Å²) in [6.45, 7) is 3.46. The standard InChI is InChI=1S/C15H17FN2O2S/c1-10-3-6-13(16)9-15(10)21(19,20)18-14-7-4-12(5-8-14)11(2)17/h3-9,11,18H,17H2,1-2H3. The van der Waals surface area contributed by atoms with E-state index in [0.29, 0.717) is 11.3 Å². The van der Waals surface area contributed by atoms with Gasteiger partial charge < -0.3 is 5.73 Å². The highest BCUT2D eigenvalue weighted by Gasteiger charge is 2.17. The molecular formula is C15H17FN2O2S. The molecule has 6 heteroatoms. The summed E-state index contributed by atoms with van der Waals surface area (Å²) in [6, 6.07) is 10.3. The second-order valence-electron chi connectivity index (χ2n) is 4.93. The van der Waals surface area contributed by atoms with Gasteiger partial charge in [-0.1, -0.05) is 18.2 Å². The maximum atomic E-state index is 13.3. The highest BCUT2D eigenvalue weighted by Crippen LogP contribution is 2.21. The van der Waals surface area contributed by atoms with Crippen molar-refractivity contribution in [1.82, 2.24) is 0 Å². The average Bonchev–Trinajstić information content (AvgIpc) is 2.41. The van der Waals surface area contributed by atoms with Crippen molar-refractivity contribution in [2.75, 3.05) is 4.72 Å². The number of hydrogen-bond donors (Lipinski definition) is 2. The van der Waals surface area contributed by atoms with Crippen LogP contribution in [0.25, 0.3) is 0 Å². The molecule has 2 aromatic rings. The minimum Gasteiger partial charge on any atom is -0.324 e. The molecule has 0 radical (unpaired) electrons. The zero-order valence-electron chi connectivity index (χ0n) is 11.8. The summed E-state index contributed by atoms with van der Waals surface area (Å²) in [6.07, 6.45) is 0. The van der Waals surface area contributed by atoms with Gasteiger partial charge in [0, 0.05) is 11.7 Å². The number of benzene rings is 2. The van der Waals surface area contributed by atoms with E-state index in [1.165, 1.54) is 12.1 Å². The molecule has 0 bridgehead atoms. The molecule has 1 atom stereocenters. The number of nitrogens with two attached hydrogens (primary N) is 1. The van der Waals surface area contributed by atoms with Gasteiger partial charge in [0.1, 0.15) is 5.82 Å². The number of hydrogen-bond acceptors (Lipinski definition) is 3. The van der Waals surface area contributed by atoms with E-state index < -0.39 is 15.8 Å². The molecule has 0 fully saturated rings. The first-order valence-corrected chi connectivity index (χ1v) is 7.92. The first-order valence-electron chi connectivity index (χ1n) is 6.44. The Morgan fingerprint density at radius 1 is 1.14 bits per heavy atom. The van der Waals surface area contributed by atoms with Crippen molar-refractivity contribution in [3.63, 3.8) is 0 Å². The molecule has 0 saturated heterocycles. The largest absolute Gasteiger partial charge is 0.324 e. The van der Waals surface area contributed by atoms with Crippen LogP contribution in [0.5, 0.6) is 0 Å². The Hall–Kier alpha value is -1.92. The zero-order valence-corrected chi connectivity index (χ0v) is 12.6. The van der Waals surface area contributed by atoms with Crippen molar-refractivity contribution in [3.05, 3.63) is 59.4 Å². The minimum absolute atomic E-state index is 0.0706. The normalized spacial score (nSPS) is 13.0. The first-order chi connectivity index (χ1) is 9.79. The third-order valence-electron chi connectivity index (χ3n) is 3.13. The van der Waals surface area contributed by atoms with Crippen LogP contribution in [0.3, 0.4) is 0 Å². The van der Waals surface area contributed by atoms with Crippen LogP contribution in [0.15, 0.2) is 47.4 Å². The predicted octanol–water partition coefficient (Wildman–Crippen LogP) is 2.95. The van der Waals surface area contributed by atoms with E-state index in [4.69, 9.17) is 5.73 Å². The van der Waals surface area contributed by atoms with Gasteiger partial charge in [-0.05, 0) is 49.2 Å². The molecular weight excluding hydrogens is 291 g/mol.